The van der Waals surface area contributed by atoms with E-state index in [1.54, 1.807) is 20.3 Å². The number of rotatable bonds is 8. The summed E-state index contributed by atoms with van der Waals surface area (Å²) in [6, 6.07) is 11.6. The summed E-state index contributed by atoms with van der Waals surface area (Å²) in [4.78, 5) is 0. The van der Waals surface area contributed by atoms with Gasteiger partial charge in [0.25, 0.3) is 0 Å². The van der Waals surface area contributed by atoms with Gasteiger partial charge in [-0.15, -0.1) is 0 Å². The van der Waals surface area contributed by atoms with E-state index in [2.05, 4.69) is 5.32 Å². The van der Waals surface area contributed by atoms with Gasteiger partial charge in [-0.3, -0.25) is 0 Å². The molecule has 0 heterocycles. The van der Waals surface area contributed by atoms with E-state index in [1.165, 1.54) is 0 Å². The minimum atomic E-state index is 0.0491. The predicted octanol–water partition coefficient (Wildman–Crippen LogP) is 4.43. The van der Waals surface area contributed by atoms with Crippen LogP contribution in [0, 0.1) is 0 Å². The number of para-hydroxylation sites is 1. The van der Waals surface area contributed by atoms with Gasteiger partial charge in [-0.05, 0) is 26.0 Å². The van der Waals surface area contributed by atoms with Crippen LogP contribution in [0.3, 0.4) is 0 Å². The molecular formula is C19H24ClNO3. The summed E-state index contributed by atoms with van der Waals surface area (Å²) < 4.78 is 16.7. The third kappa shape index (κ3) is 4.79. The molecule has 0 amide bonds. The maximum absolute atomic E-state index is 6.20. The Balaban J connectivity index is 2.15. The fourth-order valence-electron chi connectivity index (χ4n) is 2.46. The van der Waals surface area contributed by atoms with E-state index in [0.717, 1.165) is 22.6 Å². The largest absolute Gasteiger partial charge is 0.496 e. The van der Waals surface area contributed by atoms with Crippen LogP contribution in [0.1, 0.15) is 25.0 Å². The van der Waals surface area contributed by atoms with E-state index in [9.17, 15) is 0 Å². The molecule has 0 spiro atoms. The van der Waals surface area contributed by atoms with Gasteiger partial charge in [0.2, 0.25) is 0 Å². The molecule has 0 bridgehead atoms. The first-order chi connectivity index (χ1) is 11.5. The second kappa shape index (κ2) is 8.81. The Morgan fingerprint density at radius 3 is 2.29 bits per heavy atom. The molecule has 2 aromatic rings. The zero-order valence-electron chi connectivity index (χ0n) is 14.6. The van der Waals surface area contributed by atoms with Crippen molar-refractivity contribution in [3.63, 3.8) is 0 Å². The molecule has 130 valence electrons. The van der Waals surface area contributed by atoms with Crippen LogP contribution >= 0.6 is 11.6 Å². The molecule has 24 heavy (non-hydrogen) atoms. The Morgan fingerprint density at radius 2 is 1.62 bits per heavy atom. The van der Waals surface area contributed by atoms with Crippen molar-refractivity contribution in [2.75, 3.05) is 14.2 Å². The predicted molar refractivity (Wildman–Crippen MR) is 97.3 cm³/mol. The van der Waals surface area contributed by atoms with E-state index in [0.29, 0.717) is 23.9 Å². The third-order valence-electron chi connectivity index (χ3n) is 3.49. The second-order valence-corrected chi connectivity index (χ2v) is 6.11. The van der Waals surface area contributed by atoms with Gasteiger partial charge < -0.3 is 19.5 Å². The summed E-state index contributed by atoms with van der Waals surface area (Å²) in [5, 5.41) is 4.03. The zero-order valence-corrected chi connectivity index (χ0v) is 15.3. The summed E-state index contributed by atoms with van der Waals surface area (Å²) in [7, 11) is 3.29. The number of halogens is 1. The lowest BCUT2D eigenvalue weighted by molar-refractivity contribution is 0.227. The van der Waals surface area contributed by atoms with Crippen molar-refractivity contribution in [2.45, 2.75) is 33.0 Å². The average molecular weight is 350 g/mol. The monoisotopic (exact) mass is 349 g/mol. The number of benzene rings is 2. The topological polar surface area (TPSA) is 39.7 Å². The Hall–Kier alpha value is -1.91. The lowest BCUT2D eigenvalue weighted by Crippen LogP contribution is -2.16. The minimum Gasteiger partial charge on any atom is -0.496 e. The molecule has 1 N–H and O–H groups in total. The summed E-state index contributed by atoms with van der Waals surface area (Å²) in [6.45, 7) is 5.26. The van der Waals surface area contributed by atoms with Crippen LogP contribution in [-0.2, 0) is 13.1 Å². The SMILES string of the molecule is COc1ccccc1CNCc1cc(Cl)cc(OC)c1OC(C)C. The molecule has 0 aliphatic heterocycles. The number of nitrogens with one attached hydrogen (secondary N) is 1. The van der Waals surface area contributed by atoms with Gasteiger partial charge in [-0.1, -0.05) is 29.8 Å². The first kappa shape index (κ1) is 18.4. The third-order valence-corrected chi connectivity index (χ3v) is 3.71. The molecule has 0 aliphatic rings. The van der Waals surface area contributed by atoms with Gasteiger partial charge >= 0.3 is 0 Å². The Bertz CT molecular complexity index is 674. The Labute approximate surface area is 148 Å². The molecule has 0 saturated heterocycles. The molecular weight excluding hydrogens is 326 g/mol. The maximum atomic E-state index is 6.20. The van der Waals surface area contributed by atoms with Crippen LogP contribution in [0.25, 0.3) is 0 Å². The number of methoxy groups -OCH3 is 2. The molecule has 5 heteroatoms. The Morgan fingerprint density at radius 1 is 0.958 bits per heavy atom. The van der Waals surface area contributed by atoms with Crippen molar-refractivity contribution in [1.29, 1.82) is 0 Å². The van der Waals surface area contributed by atoms with Crippen molar-refractivity contribution in [2.24, 2.45) is 0 Å². The molecule has 2 aromatic carbocycles. The van der Waals surface area contributed by atoms with Crippen molar-refractivity contribution >= 4 is 11.6 Å². The van der Waals surface area contributed by atoms with E-state index < -0.39 is 0 Å². The molecule has 0 saturated carbocycles. The van der Waals surface area contributed by atoms with Gasteiger partial charge in [0.1, 0.15) is 5.75 Å². The van der Waals surface area contributed by atoms with Crippen molar-refractivity contribution in [1.82, 2.24) is 5.32 Å². The van der Waals surface area contributed by atoms with E-state index in [4.69, 9.17) is 25.8 Å². The normalized spacial score (nSPS) is 10.8. The van der Waals surface area contributed by atoms with Gasteiger partial charge in [0, 0.05) is 35.3 Å². The van der Waals surface area contributed by atoms with Crippen LogP contribution in [0.15, 0.2) is 36.4 Å². The molecule has 0 fully saturated rings. The van der Waals surface area contributed by atoms with Gasteiger partial charge in [0.15, 0.2) is 11.5 Å². The van der Waals surface area contributed by atoms with Crippen LogP contribution in [-0.4, -0.2) is 20.3 Å². The fraction of sp³-hybridized carbons (Fsp3) is 0.368. The highest BCUT2D eigenvalue weighted by molar-refractivity contribution is 6.30. The summed E-state index contributed by atoms with van der Waals surface area (Å²) in [6.07, 6.45) is 0.0491. The number of hydrogen-bond acceptors (Lipinski definition) is 4. The first-order valence-electron chi connectivity index (χ1n) is 7.90. The smallest absolute Gasteiger partial charge is 0.166 e. The quantitative estimate of drug-likeness (QED) is 0.765. The highest BCUT2D eigenvalue weighted by atomic mass is 35.5. The van der Waals surface area contributed by atoms with Gasteiger partial charge in [-0.25, -0.2) is 0 Å². The summed E-state index contributed by atoms with van der Waals surface area (Å²) in [5.41, 5.74) is 2.06. The summed E-state index contributed by atoms with van der Waals surface area (Å²) in [5.74, 6) is 2.24. The van der Waals surface area contributed by atoms with Gasteiger partial charge in [0.05, 0.1) is 20.3 Å². The minimum absolute atomic E-state index is 0.0491. The molecule has 0 atom stereocenters. The van der Waals surface area contributed by atoms with Crippen LogP contribution in [0.4, 0.5) is 0 Å². The van der Waals surface area contributed by atoms with E-state index in [-0.39, 0.29) is 6.10 Å². The Kier molecular flexibility index (Phi) is 6.76. The molecule has 0 radical (unpaired) electrons. The molecule has 2 rings (SSSR count). The maximum Gasteiger partial charge on any atom is 0.166 e. The van der Waals surface area contributed by atoms with Gasteiger partial charge in [-0.2, -0.15) is 0 Å². The lowest BCUT2D eigenvalue weighted by Gasteiger charge is -2.18. The second-order valence-electron chi connectivity index (χ2n) is 5.68. The van der Waals surface area contributed by atoms with Crippen molar-refractivity contribution in [3.8, 4) is 17.2 Å². The average Bonchev–Trinajstić information content (AvgIpc) is 2.56. The first-order valence-corrected chi connectivity index (χ1v) is 8.28. The number of hydrogen-bond donors (Lipinski definition) is 1. The highest BCUT2D eigenvalue weighted by Gasteiger charge is 2.14. The van der Waals surface area contributed by atoms with Crippen LogP contribution < -0.4 is 19.5 Å². The molecule has 0 unspecified atom stereocenters. The van der Waals surface area contributed by atoms with Crippen molar-refractivity contribution in [3.05, 3.63) is 52.5 Å². The number of ether oxygens (including phenoxy) is 3. The lowest BCUT2D eigenvalue weighted by atomic mass is 10.1. The highest BCUT2D eigenvalue weighted by Crippen LogP contribution is 2.35. The van der Waals surface area contributed by atoms with E-state index >= 15 is 0 Å². The molecule has 4 nitrogen and oxygen atoms in total. The van der Waals surface area contributed by atoms with Crippen LogP contribution in [0.5, 0.6) is 17.2 Å². The molecule has 0 aliphatic carbocycles. The van der Waals surface area contributed by atoms with Crippen molar-refractivity contribution < 1.29 is 14.2 Å². The fourth-order valence-corrected chi connectivity index (χ4v) is 2.69. The standard InChI is InChI=1S/C19H24ClNO3/c1-13(2)24-19-15(9-16(20)10-18(19)23-4)12-21-11-14-7-5-6-8-17(14)22-3/h5-10,13,21H,11-12H2,1-4H3. The van der Waals surface area contributed by atoms with E-state index in [1.807, 2.05) is 44.2 Å². The summed E-state index contributed by atoms with van der Waals surface area (Å²) >= 11 is 6.20. The van der Waals surface area contributed by atoms with Crippen LogP contribution in [0.2, 0.25) is 5.02 Å². The molecule has 0 aromatic heterocycles. The zero-order chi connectivity index (χ0) is 17.5.